The van der Waals surface area contributed by atoms with Crippen molar-refractivity contribution in [1.82, 2.24) is 0 Å². The van der Waals surface area contributed by atoms with Crippen LogP contribution in [0.3, 0.4) is 0 Å². The fraction of sp³-hybridized carbons (Fsp3) is 1.00. The highest BCUT2D eigenvalue weighted by Gasteiger charge is 2.58. The van der Waals surface area contributed by atoms with Crippen LogP contribution in [0.5, 0.6) is 0 Å². The van der Waals surface area contributed by atoms with Crippen LogP contribution in [0.25, 0.3) is 0 Å². The molecule has 0 spiro atoms. The van der Waals surface area contributed by atoms with Gasteiger partial charge in [0.2, 0.25) is 0 Å². The van der Waals surface area contributed by atoms with Gasteiger partial charge in [-0.25, -0.2) is 0 Å². The average Bonchev–Trinajstić information content (AvgIpc) is 3.74. The lowest BCUT2D eigenvalue weighted by molar-refractivity contribution is 0.198. The van der Waals surface area contributed by atoms with Crippen LogP contribution in [0.4, 0.5) is 0 Å². The van der Waals surface area contributed by atoms with Crippen molar-refractivity contribution in [1.29, 1.82) is 0 Å². The maximum atomic E-state index is 6.83. The fourth-order valence-electron chi connectivity index (χ4n) is 11.2. The van der Waals surface area contributed by atoms with E-state index in [0.717, 1.165) is 83.1 Å². The molecule has 0 aromatic carbocycles. The lowest BCUT2D eigenvalue weighted by Crippen LogP contribution is -2.61. The number of ether oxygens (including phenoxy) is 1. The Labute approximate surface area is 301 Å². The first-order valence-electron chi connectivity index (χ1n) is 20.2. The maximum absolute atomic E-state index is 6.83. The van der Waals surface area contributed by atoms with E-state index in [2.05, 4.69) is 121 Å². The Morgan fingerprint density at radius 3 is 1.28 bits per heavy atom. The van der Waals surface area contributed by atoms with Crippen LogP contribution in [0.2, 0.25) is 88.1 Å². The molecular formula is C39H85ClOSi5. The van der Waals surface area contributed by atoms with Crippen molar-refractivity contribution in [2.75, 3.05) is 13.2 Å². The summed E-state index contributed by atoms with van der Waals surface area (Å²) in [7, 11) is -3.98. The number of hydrogen-bond donors (Lipinski definition) is 0. The molecule has 0 N–H and O–H groups in total. The predicted molar refractivity (Wildman–Crippen MR) is 226 cm³/mol. The van der Waals surface area contributed by atoms with Gasteiger partial charge in [-0.1, -0.05) is 153 Å². The van der Waals surface area contributed by atoms with Gasteiger partial charge in [0, 0.05) is 37.2 Å². The van der Waals surface area contributed by atoms with Crippen LogP contribution in [0, 0.1) is 53.3 Å². The van der Waals surface area contributed by atoms with Crippen molar-refractivity contribution in [2.45, 2.75) is 182 Å². The Bertz CT molecular complexity index is 877. The number of hydrogen-bond acceptors (Lipinski definition) is 1. The highest BCUT2D eigenvalue weighted by Crippen LogP contribution is 2.59. The average molecular weight is 746 g/mol. The monoisotopic (exact) mass is 745 g/mol. The van der Waals surface area contributed by atoms with E-state index in [9.17, 15) is 0 Å². The molecule has 1 nitrogen and oxygen atoms in total. The Balaban J connectivity index is 0.000000297. The van der Waals surface area contributed by atoms with Crippen molar-refractivity contribution in [2.24, 2.45) is 53.3 Å². The van der Waals surface area contributed by atoms with E-state index in [-0.39, 0.29) is 8.80 Å². The van der Waals surface area contributed by atoms with Gasteiger partial charge >= 0.3 is 0 Å². The molecule has 4 rings (SSSR count). The quantitative estimate of drug-likeness (QED) is 0.178. The summed E-state index contributed by atoms with van der Waals surface area (Å²) in [5.74, 6) is 8.37. The summed E-state index contributed by atoms with van der Waals surface area (Å²) < 4.78 is 4.94. The summed E-state index contributed by atoms with van der Waals surface area (Å²) in [4.78, 5) is 0. The molecule has 0 aromatic heterocycles. The lowest BCUT2D eigenvalue weighted by Gasteiger charge is -2.50. The van der Waals surface area contributed by atoms with E-state index in [1.165, 1.54) is 12.8 Å². The molecule has 0 amide bonds. The molecule has 3 aliphatic carbocycles. The van der Waals surface area contributed by atoms with Crippen LogP contribution in [0.15, 0.2) is 0 Å². The molecule has 1 aliphatic heterocycles. The Morgan fingerprint density at radius 1 is 0.565 bits per heavy atom. The Morgan fingerprint density at radius 2 is 0.957 bits per heavy atom. The van der Waals surface area contributed by atoms with Crippen molar-refractivity contribution in [3.8, 4) is 0 Å². The second-order valence-electron chi connectivity index (χ2n) is 20.2. The molecule has 10 unspecified atom stereocenters. The van der Waals surface area contributed by atoms with Crippen LogP contribution in [-0.4, -0.2) is 51.7 Å². The van der Waals surface area contributed by atoms with E-state index < -0.39 is 29.7 Å². The summed E-state index contributed by atoms with van der Waals surface area (Å²) in [6, 6.07) is 1.59. The topological polar surface area (TPSA) is 9.23 Å². The third-order valence-corrected chi connectivity index (χ3v) is 59.3. The largest absolute Gasteiger partial charge is 0.381 e. The Kier molecular flexibility index (Phi) is 16.3. The van der Waals surface area contributed by atoms with Gasteiger partial charge in [0.1, 0.15) is 6.90 Å². The van der Waals surface area contributed by atoms with Crippen molar-refractivity contribution in [3.05, 3.63) is 0 Å². The van der Waals surface area contributed by atoms with E-state index in [4.69, 9.17) is 15.8 Å². The molecule has 4 fully saturated rings. The van der Waals surface area contributed by atoms with Gasteiger partial charge in [0.25, 0.3) is 0 Å². The van der Waals surface area contributed by atoms with Gasteiger partial charge < -0.3 is 4.74 Å². The lowest BCUT2D eigenvalue weighted by atomic mass is 9.92. The highest BCUT2D eigenvalue weighted by atomic mass is 35.6. The van der Waals surface area contributed by atoms with Gasteiger partial charge in [0.05, 0.1) is 7.59 Å². The molecule has 46 heavy (non-hydrogen) atoms. The van der Waals surface area contributed by atoms with Crippen LogP contribution >= 0.6 is 11.1 Å². The molecule has 3 saturated carbocycles. The van der Waals surface area contributed by atoms with Gasteiger partial charge in [0.15, 0.2) is 0 Å². The summed E-state index contributed by atoms with van der Waals surface area (Å²) >= 11 is 6.83. The number of rotatable bonds is 8. The first kappa shape index (κ1) is 43.5. The van der Waals surface area contributed by atoms with E-state index >= 15 is 0 Å². The first-order chi connectivity index (χ1) is 20.9. The van der Waals surface area contributed by atoms with E-state index in [0.29, 0.717) is 0 Å². The standard InChI is InChI=1S/C22H48Si3.C13H29ClSi2.C4H8O/c1-16-17(2)19(4)22(18(16)3)25(9,10)24(7,8)21-12-11-20(15-21)13-14-23(5)6;1-9-10(2)12(4)13(11(9)3)15(5,6)16(7,8)14;1-2-4-5-3-1/h16-23H,11-15H2,1-10H3;9-13H,1-8H3;1-4H2. The normalized spacial score (nSPS) is 38.9. The summed E-state index contributed by atoms with van der Waals surface area (Å²) in [6.45, 7) is 46.9. The zero-order valence-electron chi connectivity index (χ0n) is 34.7. The molecule has 7 heteroatoms. The molecule has 1 heterocycles. The van der Waals surface area contributed by atoms with Crippen molar-refractivity contribution >= 4 is 49.6 Å². The predicted octanol–water partition coefficient (Wildman–Crippen LogP) is 13.4. The highest BCUT2D eigenvalue weighted by molar-refractivity contribution is 7.58. The van der Waals surface area contributed by atoms with Crippen LogP contribution in [0.1, 0.15) is 93.9 Å². The summed E-state index contributed by atoms with van der Waals surface area (Å²) in [5, 5.41) is 0. The zero-order chi connectivity index (χ0) is 35.6. The zero-order valence-corrected chi connectivity index (χ0v) is 40.6. The van der Waals surface area contributed by atoms with E-state index in [1.807, 2.05) is 0 Å². The molecule has 0 aromatic rings. The third-order valence-electron chi connectivity index (χ3n) is 16.6. The Hall–Kier alpha value is 1.33. The minimum Gasteiger partial charge on any atom is -0.381 e. The summed E-state index contributed by atoms with van der Waals surface area (Å²) in [6.07, 6.45) is 8.88. The van der Waals surface area contributed by atoms with Gasteiger partial charge in [-0.05, 0) is 82.7 Å². The minimum atomic E-state index is -1.48. The smallest absolute Gasteiger partial charge is 0.141 e. The molecule has 274 valence electrons. The molecule has 4 aliphatic rings. The van der Waals surface area contributed by atoms with Crippen LogP contribution < -0.4 is 0 Å². The second kappa shape index (κ2) is 17.2. The first-order valence-corrected chi connectivity index (χ1v) is 38.6. The summed E-state index contributed by atoms with van der Waals surface area (Å²) in [5.41, 5.74) is 3.14. The van der Waals surface area contributed by atoms with Gasteiger partial charge in [-0.3, -0.25) is 0 Å². The van der Waals surface area contributed by atoms with Crippen molar-refractivity contribution in [3.63, 3.8) is 0 Å². The maximum Gasteiger partial charge on any atom is 0.141 e. The van der Waals surface area contributed by atoms with E-state index in [1.54, 1.807) is 31.7 Å². The number of halogens is 1. The van der Waals surface area contributed by atoms with Crippen LogP contribution in [-0.2, 0) is 4.74 Å². The SMILES string of the molecule is C1CCOC1.CC1C(C)C(C)C([Si](C)(C)[Si](C)(C)C2CCC(CC[SiH](C)C)C2)C1C.CC1C(C)C(C)C([Si](C)(C)[Si](C)(C)Cl)C1C. The third kappa shape index (κ3) is 9.60. The van der Waals surface area contributed by atoms with Gasteiger partial charge in [-0.2, -0.15) is 11.1 Å². The van der Waals surface area contributed by atoms with Crippen molar-refractivity contribution < 1.29 is 4.74 Å². The molecule has 10 atom stereocenters. The molecular weight excluding hydrogens is 660 g/mol. The molecule has 0 radical (unpaired) electrons. The fourth-order valence-corrected chi connectivity index (χ4v) is 36.5. The minimum absolute atomic E-state index is 0.352. The second-order valence-corrected chi connectivity index (χ2v) is 58.2. The van der Waals surface area contributed by atoms with Gasteiger partial charge in [-0.15, -0.1) is 0 Å². The molecule has 1 saturated heterocycles. The molecule has 0 bridgehead atoms.